The molecule has 0 aliphatic rings. The average molecular weight is 317 g/mol. The number of urea groups is 1. The molecule has 0 aliphatic carbocycles. The normalized spacial score (nSPS) is 11.0. The molecule has 124 valence electrons. The SMILES string of the molecule is CN(C)CCCON(C(N)=O)c1cccc(-c2ccnn2C)c1. The predicted octanol–water partition coefficient (Wildman–Crippen LogP) is 1.86. The van der Waals surface area contributed by atoms with Gasteiger partial charge in [0.15, 0.2) is 0 Å². The fourth-order valence-corrected chi connectivity index (χ4v) is 2.25. The van der Waals surface area contributed by atoms with Gasteiger partial charge in [0.2, 0.25) is 0 Å². The molecule has 0 bridgehead atoms. The molecule has 2 N–H and O–H groups in total. The van der Waals surface area contributed by atoms with Crippen LogP contribution in [0.25, 0.3) is 11.3 Å². The Morgan fingerprint density at radius 1 is 1.35 bits per heavy atom. The molecule has 0 saturated carbocycles. The Kier molecular flexibility index (Phi) is 5.72. The number of rotatable bonds is 7. The number of hydrogen-bond acceptors (Lipinski definition) is 4. The number of amides is 2. The van der Waals surface area contributed by atoms with Gasteiger partial charge in [-0.2, -0.15) is 10.2 Å². The summed E-state index contributed by atoms with van der Waals surface area (Å²) in [5.41, 5.74) is 7.93. The standard InChI is InChI=1S/C16H23N5O2/c1-19(2)10-5-11-23-21(16(17)22)14-7-4-6-13(12-14)15-8-9-18-20(15)3/h4,6-9,12H,5,10-11H2,1-3H3,(H2,17,22). The number of hydrogen-bond donors (Lipinski definition) is 1. The number of aryl methyl sites for hydroxylation is 1. The quantitative estimate of drug-likeness (QED) is 0.624. The fourth-order valence-electron chi connectivity index (χ4n) is 2.25. The van der Waals surface area contributed by atoms with E-state index in [9.17, 15) is 4.79 Å². The summed E-state index contributed by atoms with van der Waals surface area (Å²) in [7, 11) is 5.85. The van der Waals surface area contributed by atoms with Gasteiger partial charge in [0.25, 0.3) is 0 Å². The molecule has 0 fully saturated rings. The maximum Gasteiger partial charge on any atom is 0.343 e. The molecule has 0 aliphatic heterocycles. The zero-order valence-electron chi connectivity index (χ0n) is 13.8. The van der Waals surface area contributed by atoms with Gasteiger partial charge in [-0.05, 0) is 45.3 Å². The molecule has 2 aromatic rings. The third-order valence-corrected chi connectivity index (χ3v) is 3.37. The molecule has 0 radical (unpaired) electrons. The Balaban J connectivity index is 2.13. The minimum Gasteiger partial charge on any atom is -0.349 e. The zero-order chi connectivity index (χ0) is 16.8. The van der Waals surface area contributed by atoms with Crippen LogP contribution in [0, 0.1) is 0 Å². The Labute approximate surface area is 136 Å². The smallest absolute Gasteiger partial charge is 0.343 e. The van der Waals surface area contributed by atoms with E-state index in [0.29, 0.717) is 12.3 Å². The molecule has 7 heteroatoms. The summed E-state index contributed by atoms with van der Waals surface area (Å²) in [6, 6.07) is 8.72. The van der Waals surface area contributed by atoms with Gasteiger partial charge in [0, 0.05) is 18.8 Å². The molecule has 2 amide bonds. The number of aromatic nitrogens is 2. The molecule has 0 unspecified atom stereocenters. The highest BCUT2D eigenvalue weighted by Crippen LogP contribution is 2.24. The Morgan fingerprint density at radius 2 is 2.13 bits per heavy atom. The summed E-state index contributed by atoms with van der Waals surface area (Å²) in [5.74, 6) is 0. The average Bonchev–Trinajstić information content (AvgIpc) is 2.93. The lowest BCUT2D eigenvalue weighted by Crippen LogP contribution is -2.36. The number of primary amides is 1. The zero-order valence-corrected chi connectivity index (χ0v) is 13.8. The highest BCUT2D eigenvalue weighted by atomic mass is 16.7. The van der Waals surface area contributed by atoms with Crippen molar-refractivity contribution in [2.45, 2.75) is 6.42 Å². The van der Waals surface area contributed by atoms with E-state index in [2.05, 4.69) is 10.00 Å². The van der Waals surface area contributed by atoms with E-state index in [1.165, 1.54) is 0 Å². The largest absolute Gasteiger partial charge is 0.349 e. The maximum atomic E-state index is 11.7. The summed E-state index contributed by atoms with van der Waals surface area (Å²) in [6.07, 6.45) is 2.53. The van der Waals surface area contributed by atoms with Crippen molar-refractivity contribution in [1.29, 1.82) is 0 Å². The summed E-state index contributed by atoms with van der Waals surface area (Å²) in [6.45, 7) is 1.29. The van der Waals surface area contributed by atoms with Crippen molar-refractivity contribution in [2.24, 2.45) is 12.8 Å². The molecule has 1 aromatic carbocycles. The van der Waals surface area contributed by atoms with Gasteiger partial charge in [-0.1, -0.05) is 12.1 Å². The number of carbonyl (C=O) groups excluding carboxylic acids is 1. The maximum absolute atomic E-state index is 11.7. The molecule has 0 spiro atoms. The summed E-state index contributed by atoms with van der Waals surface area (Å²) >= 11 is 0. The summed E-state index contributed by atoms with van der Waals surface area (Å²) < 4.78 is 1.77. The van der Waals surface area contributed by atoms with Crippen LogP contribution in [-0.2, 0) is 11.9 Å². The van der Waals surface area contributed by atoms with E-state index in [1.54, 1.807) is 16.9 Å². The van der Waals surface area contributed by atoms with Gasteiger partial charge in [-0.25, -0.2) is 4.79 Å². The number of nitrogens with zero attached hydrogens (tertiary/aromatic N) is 4. The molecular weight excluding hydrogens is 294 g/mol. The van der Waals surface area contributed by atoms with Crippen molar-refractivity contribution >= 4 is 11.7 Å². The van der Waals surface area contributed by atoms with E-state index in [1.807, 2.05) is 45.4 Å². The van der Waals surface area contributed by atoms with Crippen molar-refractivity contribution in [3.8, 4) is 11.3 Å². The molecule has 1 aromatic heterocycles. The summed E-state index contributed by atoms with van der Waals surface area (Å²) in [4.78, 5) is 19.3. The lowest BCUT2D eigenvalue weighted by molar-refractivity contribution is 0.113. The van der Waals surface area contributed by atoms with Crippen LogP contribution in [0.2, 0.25) is 0 Å². The van der Waals surface area contributed by atoms with Crippen LogP contribution in [0.1, 0.15) is 6.42 Å². The van der Waals surface area contributed by atoms with Crippen LogP contribution in [0.5, 0.6) is 0 Å². The van der Waals surface area contributed by atoms with Crippen LogP contribution in [0.15, 0.2) is 36.5 Å². The monoisotopic (exact) mass is 317 g/mol. The van der Waals surface area contributed by atoms with Crippen molar-refractivity contribution in [1.82, 2.24) is 14.7 Å². The minimum absolute atomic E-state index is 0.414. The summed E-state index contributed by atoms with van der Waals surface area (Å²) in [5, 5.41) is 5.29. The van der Waals surface area contributed by atoms with Crippen molar-refractivity contribution in [2.75, 3.05) is 32.3 Å². The van der Waals surface area contributed by atoms with E-state index >= 15 is 0 Å². The molecular formula is C16H23N5O2. The van der Waals surface area contributed by atoms with Crippen molar-refractivity contribution in [3.63, 3.8) is 0 Å². The van der Waals surface area contributed by atoms with Crippen LogP contribution < -0.4 is 10.8 Å². The van der Waals surface area contributed by atoms with Gasteiger partial charge in [-0.15, -0.1) is 0 Å². The number of hydroxylamine groups is 1. The molecule has 1 heterocycles. The van der Waals surface area contributed by atoms with Crippen molar-refractivity contribution in [3.05, 3.63) is 36.5 Å². The van der Waals surface area contributed by atoms with Crippen LogP contribution in [0.3, 0.4) is 0 Å². The number of benzene rings is 1. The minimum atomic E-state index is -0.642. The van der Waals surface area contributed by atoms with Crippen LogP contribution in [0.4, 0.5) is 10.5 Å². The van der Waals surface area contributed by atoms with Crippen LogP contribution in [-0.4, -0.2) is 48.0 Å². The van der Waals surface area contributed by atoms with Gasteiger partial charge >= 0.3 is 6.03 Å². The molecule has 23 heavy (non-hydrogen) atoms. The highest BCUT2D eigenvalue weighted by Gasteiger charge is 2.15. The third kappa shape index (κ3) is 4.54. The van der Waals surface area contributed by atoms with E-state index in [4.69, 9.17) is 10.6 Å². The van der Waals surface area contributed by atoms with Gasteiger partial charge in [-0.3, -0.25) is 9.52 Å². The van der Waals surface area contributed by atoms with Gasteiger partial charge in [0.05, 0.1) is 18.0 Å². The third-order valence-electron chi connectivity index (χ3n) is 3.37. The first-order chi connectivity index (χ1) is 11.0. The topological polar surface area (TPSA) is 76.6 Å². The molecule has 2 rings (SSSR count). The predicted molar refractivity (Wildman–Crippen MR) is 89.8 cm³/mol. The lowest BCUT2D eigenvalue weighted by Gasteiger charge is -2.21. The fraction of sp³-hybridized carbons (Fsp3) is 0.375. The molecule has 7 nitrogen and oxygen atoms in total. The van der Waals surface area contributed by atoms with E-state index in [0.717, 1.165) is 29.3 Å². The Morgan fingerprint density at radius 3 is 2.74 bits per heavy atom. The second-order valence-corrected chi connectivity index (χ2v) is 5.51. The highest BCUT2D eigenvalue weighted by molar-refractivity contribution is 5.89. The Bertz CT molecular complexity index is 653. The van der Waals surface area contributed by atoms with Crippen molar-refractivity contribution < 1.29 is 9.63 Å². The molecule has 0 atom stereocenters. The first kappa shape index (κ1) is 17.0. The second kappa shape index (κ2) is 7.75. The van der Waals surface area contributed by atoms with Gasteiger partial charge < -0.3 is 10.6 Å². The Hall–Kier alpha value is -2.38. The van der Waals surface area contributed by atoms with E-state index < -0.39 is 6.03 Å². The second-order valence-electron chi connectivity index (χ2n) is 5.51. The first-order valence-corrected chi connectivity index (χ1v) is 7.44. The number of nitrogens with two attached hydrogens (primary N) is 1. The van der Waals surface area contributed by atoms with E-state index in [-0.39, 0.29) is 0 Å². The lowest BCUT2D eigenvalue weighted by atomic mass is 10.1. The molecule has 0 saturated heterocycles. The number of carbonyl (C=O) groups is 1. The first-order valence-electron chi connectivity index (χ1n) is 7.44. The van der Waals surface area contributed by atoms with Crippen LogP contribution >= 0.6 is 0 Å². The number of anilines is 1. The van der Waals surface area contributed by atoms with Gasteiger partial charge in [0.1, 0.15) is 0 Å².